The number of carbonyl (C=O) groups is 1. The van der Waals surface area contributed by atoms with Gasteiger partial charge in [0.15, 0.2) is 0 Å². The van der Waals surface area contributed by atoms with E-state index in [0.29, 0.717) is 17.8 Å². The summed E-state index contributed by atoms with van der Waals surface area (Å²) in [7, 11) is 0. The Balaban J connectivity index is 1.92. The van der Waals surface area contributed by atoms with E-state index in [-0.39, 0.29) is 18.0 Å². The highest BCUT2D eigenvalue weighted by atomic mass is 19.1. The van der Waals surface area contributed by atoms with Crippen molar-refractivity contribution in [3.8, 4) is 0 Å². The van der Waals surface area contributed by atoms with Gasteiger partial charge in [-0.1, -0.05) is 5.22 Å². The van der Waals surface area contributed by atoms with Gasteiger partial charge in [-0.25, -0.2) is 9.40 Å². The highest BCUT2D eigenvalue weighted by Crippen LogP contribution is 2.37. The molecular weight excluding hydrogens is 247 g/mol. The molecule has 1 fully saturated rings. The molecule has 1 amide bonds. The largest absolute Gasteiger partial charge is 0.333 e. The molecule has 3 aliphatic rings. The molecule has 98 valence electrons. The minimum atomic E-state index is -0.391. The molecule has 0 N–H and O–H groups in total. The van der Waals surface area contributed by atoms with Crippen LogP contribution in [-0.4, -0.2) is 36.0 Å². The molecule has 0 saturated carbocycles. The van der Waals surface area contributed by atoms with E-state index in [9.17, 15) is 9.18 Å². The molecule has 6 heteroatoms. The molecule has 1 aromatic carbocycles. The zero-order valence-corrected chi connectivity index (χ0v) is 10.3. The average molecular weight is 260 g/mol. The first-order valence-corrected chi connectivity index (χ1v) is 6.53. The Hall–Kier alpha value is -1.98. The van der Waals surface area contributed by atoms with Crippen LogP contribution in [0.3, 0.4) is 0 Å². The summed E-state index contributed by atoms with van der Waals surface area (Å²) in [4.78, 5) is 14.4. The molecule has 4 rings (SSSR count). The van der Waals surface area contributed by atoms with Crippen molar-refractivity contribution in [2.24, 2.45) is 10.3 Å². The minimum absolute atomic E-state index is 0.0819. The molecule has 0 unspecified atom stereocenters. The van der Waals surface area contributed by atoms with Crippen LogP contribution in [0.25, 0.3) is 0 Å². The highest BCUT2D eigenvalue weighted by molar-refractivity contribution is 6.01. The van der Waals surface area contributed by atoms with Crippen LogP contribution in [0.4, 0.5) is 10.1 Å². The third kappa shape index (κ3) is 1.42. The Morgan fingerprint density at radius 2 is 2.21 bits per heavy atom. The third-order valence-corrected chi connectivity index (χ3v) is 4.18. The SMILES string of the molecule is O=C1c2cc(F)ccc2N2N=NC[C@H]2[C@@H]2CCCN12. The lowest BCUT2D eigenvalue weighted by Crippen LogP contribution is -2.46. The van der Waals surface area contributed by atoms with Gasteiger partial charge >= 0.3 is 0 Å². The average Bonchev–Trinajstić information content (AvgIpc) is 3.04. The molecule has 3 heterocycles. The quantitative estimate of drug-likeness (QED) is 0.716. The van der Waals surface area contributed by atoms with Crippen LogP contribution in [0.5, 0.6) is 0 Å². The standard InChI is InChI=1S/C13H13FN4O/c14-8-3-4-10-9(6-8)13(19)17-5-1-2-11(17)12-7-15-16-18(10)12/h3-4,6,11-12H,1-2,5,7H2/t11-,12-/m0/s1. The van der Waals surface area contributed by atoms with Crippen LogP contribution in [-0.2, 0) is 0 Å². The van der Waals surface area contributed by atoms with Gasteiger partial charge in [0.2, 0.25) is 0 Å². The van der Waals surface area contributed by atoms with Gasteiger partial charge in [0, 0.05) is 6.54 Å². The van der Waals surface area contributed by atoms with Crippen molar-refractivity contribution in [1.29, 1.82) is 0 Å². The topological polar surface area (TPSA) is 48.3 Å². The summed E-state index contributed by atoms with van der Waals surface area (Å²) in [6, 6.07) is 4.54. The second kappa shape index (κ2) is 3.76. The zero-order valence-electron chi connectivity index (χ0n) is 10.3. The minimum Gasteiger partial charge on any atom is -0.333 e. The summed E-state index contributed by atoms with van der Waals surface area (Å²) in [5, 5.41) is 10.0. The summed E-state index contributed by atoms with van der Waals surface area (Å²) >= 11 is 0. The van der Waals surface area contributed by atoms with E-state index in [1.165, 1.54) is 12.1 Å². The maximum absolute atomic E-state index is 13.4. The lowest BCUT2D eigenvalue weighted by molar-refractivity contribution is 0.0731. The number of fused-ring (bicyclic) bond motifs is 5. The molecule has 0 aliphatic carbocycles. The van der Waals surface area contributed by atoms with E-state index in [4.69, 9.17) is 0 Å². The molecular formula is C13H13FN4O. The number of rotatable bonds is 0. The van der Waals surface area contributed by atoms with Gasteiger partial charge in [0.05, 0.1) is 29.9 Å². The zero-order chi connectivity index (χ0) is 13.0. The van der Waals surface area contributed by atoms with E-state index < -0.39 is 5.82 Å². The number of amides is 1. The normalized spacial score (nSPS) is 28.2. The molecule has 19 heavy (non-hydrogen) atoms. The van der Waals surface area contributed by atoms with Crippen molar-refractivity contribution in [3.63, 3.8) is 0 Å². The number of anilines is 1. The van der Waals surface area contributed by atoms with Crippen molar-refractivity contribution >= 4 is 11.6 Å². The van der Waals surface area contributed by atoms with E-state index in [2.05, 4.69) is 10.3 Å². The first-order valence-electron chi connectivity index (χ1n) is 6.53. The van der Waals surface area contributed by atoms with Crippen molar-refractivity contribution in [1.82, 2.24) is 4.90 Å². The maximum atomic E-state index is 13.4. The number of hydrogen-bond acceptors (Lipinski definition) is 4. The molecule has 5 nitrogen and oxygen atoms in total. The maximum Gasteiger partial charge on any atom is 0.256 e. The molecule has 0 bridgehead atoms. The van der Waals surface area contributed by atoms with Crippen LogP contribution in [0.1, 0.15) is 23.2 Å². The van der Waals surface area contributed by atoms with Gasteiger partial charge in [0.25, 0.3) is 5.91 Å². The summed E-state index contributed by atoms with van der Waals surface area (Å²) in [5.74, 6) is -0.473. The Bertz CT molecular complexity index is 588. The number of hydrogen-bond donors (Lipinski definition) is 0. The van der Waals surface area contributed by atoms with Crippen LogP contribution in [0.2, 0.25) is 0 Å². The molecule has 0 radical (unpaired) electrons. The Labute approximate surface area is 109 Å². The fourth-order valence-corrected chi connectivity index (χ4v) is 3.32. The van der Waals surface area contributed by atoms with Gasteiger partial charge < -0.3 is 4.90 Å². The molecule has 3 aliphatic heterocycles. The van der Waals surface area contributed by atoms with Crippen molar-refractivity contribution in [2.75, 3.05) is 18.1 Å². The molecule has 2 atom stereocenters. The van der Waals surface area contributed by atoms with E-state index in [1.54, 1.807) is 11.1 Å². The summed E-state index contributed by atoms with van der Waals surface area (Å²) in [6.07, 6.45) is 1.96. The van der Waals surface area contributed by atoms with Crippen LogP contribution in [0.15, 0.2) is 28.5 Å². The van der Waals surface area contributed by atoms with Crippen molar-refractivity contribution in [3.05, 3.63) is 29.6 Å². The summed E-state index contributed by atoms with van der Waals surface area (Å²) in [5.41, 5.74) is 1.07. The van der Waals surface area contributed by atoms with Crippen LogP contribution >= 0.6 is 0 Å². The van der Waals surface area contributed by atoms with Gasteiger partial charge in [-0.05, 0) is 31.0 Å². The Kier molecular flexibility index (Phi) is 2.15. The van der Waals surface area contributed by atoms with Gasteiger partial charge in [-0.3, -0.25) is 4.79 Å². The fourth-order valence-electron chi connectivity index (χ4n) is 3.32. The van der Waals surface area contributed by atoms with E-state index in [1.807, 2.05) is 4.90 Å². The molecule has 1 aromatic rings. The second-order valence-electron chi connectivity index (χ2n) is 5.19. The molecule has 0 spiro atoms. The number of benzene rings is 1. The smallest absolute Gasteiger partial charge is 0.256 e. The van der Waals surface area contributed by atoms with Gasteiger partial charge in [-0.2, -0.15) is 5.11 Å². The van der Waals surface area contributed by atoms with Gasteiger partial charge in [-0.15, -0.1) is 0 Å². The second-order valence-corrected chi connectivity index (χ2v) is 5.19. The molecule has 0 aromatic heterocycles. The Morgan fingerprint density at radius 3 is 3.11 bits per heavy atom. The van der Waals surface area contributed by atoms with Gasteiger partial charge in [0.1, 0.15) is 5.82 Å². The predicted octanol–water partition coefficient (Wildman–Crippen LogP) is 2.00. The number of halogens is 1. The van der Waals surface area contributed by atoms with Crippen molar-refractivity contribution < 1.29 is 9.18 Å². The highest BCUT2D eigenvalue weighted by Gasteiger charge is 2.44. The van der Waals surface area contributed by atoms with Crippen molar-refractivity contribution in [2.45, 2.75) is 24.9 Å². The first kappa shape index (κ1) is 10.9. The van der Waals surface area contributed by atoms with E-state index in [0.717, 1.165) is 19.4 Å². The van der Waals surface area contributed by atoms with Crippen LogP contribution < -0.4 is 5.01 Å². The first-order chi connectivity index (χ1) is 9.25. The van der Waals surface area contributed by atoms with Crippen LogP contribution in [0, 0.1) is 5.82 Å². The lowest BCUT2D eigenvalue weighted by Gasteiger charge is -2.28. The number of carbonyl (C=O) groups excluding carboxylic acids is 1. The number of nitrogens with zero attached hydrogens (tertiary/aromatic N) is 4. The summed E-state index contributed by atoms with van der Waals surface area (Å²) in [6.45, 7) is 1.34. The Morgan fingerprint density at radius 1 is 1.32 bits per heavy atom. The lowest BCUT2D eigenvalue weighted by atomic mass is 10.1. The third-order valence-electron chi connectivity index (χ3n) is 4.18. The molecule has 1 saturated heterocycles. The van der Waals surface area contributed by atoms with E-state index >= 15 is 0 Å². The summed E-state index contributed by atoms with van der Waals surface area (Å²) < 4.78 is 13.4. The fraction of sp³-hybridized carbons (Fsp3) is 0.462. The predicted molar refractivity (Wildman–Crippen MR) is 66.4 cm³/mol. The monoisotopic (exact) mass is 260 g/mol.